The van der Waals surface area contributed by atoms with E-state index in [9.17, 15) is 9.59 Å². The van der Waals surface area contributed by atoms with Crippen molar-refractivity contribution < 1.29 is 14.3 Å². The van der Waals surface area contributed by atoms with Crippen LogP contribution in [0.25, 0.3) is 0 Å². The van der Waals surface area contributed by atoms with Crippen LogP contribution >= 0.6 is 27.5 Å². The average molecular weight is 510 g/mol. The van der Waals surface area contributed by atoms with Crippen LogP contribution in [0.15, 0.2) is 53.0 Å². The summed E-state index contributed by atoms with van der Waals surface area (Å²) in [5.74, 6) is 0.455. The monoisotopic (exact) mass is 508 g/mol. The van der Waals surface area contributed by atoms with E-state index in [1.54, 1.807) is 36.1 Å². The number of rotatable bonds is 9. The summed E-state index contributed by atoms with van der Waals surface area (Å²) in [6.45, 7) is 8.30. The molecule has 5 nitrogen and oxygen atoms in total. The van der Waals surface area contributed by atoms with Gasteiger partial charge in [0.15, 0.2) is 0 Å². The zero-order valence-corrected chi connectivity index (χ0v) is 20.8. The van der Waals surface area contributed by atoms with Gasteiger partial charge < -0.3 is 15.0 Å². The van der Waals surface area contributed by atoms with Crippen molar-refractivity contribution in [2.45, 2.75) is 58.7 Å². The minimum absolute atomic E-state index is 0.0841. The highest BCUT2D eigenvalue weighted by Gasteiger charge is 2.28. The Morgan fingerprint density at radius 1 is 1.10 bits per heavy atom. The van der Waals surface area contributed by atoms with Crippen molar-refractivity contribution in [1.29, 1.82) is 0 Å². The highest BCUT2D eigenvalue weighted by atomic mass is 79.9. The van der Waals surface area contributed by atoms with Crippen molar-refractivity contribution in [3.63, 3.8) is 0 Å². The molecular weight excluding hydrogens is 480 g/mol. The first-order chi connectivity index (χ1) is 14.5. The van der Waals surface area contributed by atoms with Gasteiger partial charge in [0.2, 0.25) is 11.8 Å². The van der Waals surface area contributed by atoms with Crippen LogP contribution in [0.4, 0.5) is 0 Å². The zero-order chi connectivity index (χ0) is 23.0. The van der Waals surface area contributed by atoms with Crippen LogP contribution < -0.4 is 10.1 Å². The topological polar surface area (TPSA) is 58.6 Å². The second-order valence-electron chi connectivity index (χ2n) is 8.47. The Labute approximate surface area is 198 Å². The van der Waals surface area contributed by atoms with Crippen LogP contribution in [0.2, 0.25) is 5.02 Å². The van der Waals surface area contributed by atoms with Crippen molar-refractivity contribution in [2.75, 3.05) is 6.61 Å². The van der Waals surface area contributed by atoms with E-state index in [1.807, 2.05) is 45.0 Å². The van der Waals surface area contributed by atoms with Gasteiger partial charge in [-0.05, 0) is 76.1 Å². The third-order valence-electron chi connectivity index (χ3n) is 4.55. The number of carbonyl (C=O) groups excluding carboxylic acids is 2. The molecular formula is C24H30BrClN2O3. The number of carbonyl (C=O) groups is 2. The van der Waals surface area contributed by atoms with E-state index in [-0.39, 0.29) is 23.8 Å². The Bertz CT molecular complexity index is 864. The summed E-state index contributed by atoms with van der Waals surface area (Å²) < 4.78 is 6.65. The lowest BCUT2D eigenvalue weighted by atomic mass is 10.1. The summed E-state index contributed by atoms with van der Waals surface area (Å²) in [7, 11) is 0. The van der Waals surface area contributed by atoms with Gasteiger partial charge in [-0.3, -0.25) is 9.59 Å². The molecule has 0 aliphatic carbocycles. The minimum atomic E-state index is -0.590. The second-order valence-corrected chi connectivity index (χ2v) is 9.82. The van der Waals surface area contributed by atoms with Crippen molar-refractivity contribution in [3.05, 3.63) is 63.6 Å². The fraction of sp³-hybridized carbons (Fsp3) is 0.417. The van der Waals surface area contributed by atoms with E-state index in [4.69, 9.17) is 16.3 Å². The van der Waals surface area contributed by atoms with Crippen molar-refractivity contribution in [1.82, 2.24) is 10.2 Å². The quantitative estimate of drug-likeness (QED) is 0.448. The van der Waals surface area contributed by atoms with Gasteiger partial charge in [0.25, 0.3) is 0 Å². The average Bonchev–Trinajstić information content (AvgIpc) is 2.70. The predicted octanol–water partition coefficient (Wildman–Crippen LogP) is 5.59. The minimum Gasteiger partial charge on any atom is -0.494 e. The first-order valence-electron chi connectivity index (χ1n) is 10.3. The summed E-state index contributed by atoms with van der Waals surface area (Å²) in [5.41, 5.74) is 0.591. The van der Waals surface area contributed by atoms with E-state index in [2.05, 4.69) is 21.2 Å². The fourth-order valence-corrected chi connectivity index (χ4v) is 3.32. The number of ether oxygens (including phenoxy) is 1. The molecule has 31 heavy (non-hydrogen) atoms. The maximum Gasteiger partial charge on any atom is 0.242 e. The van der Waals surface area contributed by atoms with Crippen LogP contribution in [0.5, 0.6) is 5.75 Å². The van der Waals surface area contributed by atoms with Crippen LogP contribution in [0.1, 0.15) is 46.1 Å². The molecule has 2 aromatic rings. The van der Waals surface area contributed by atoms with Gasteiger partial charge in [0, 0.05) is 28.0 Å². The van der Waals surface area contributed by atoms with Crippen molar-refractivity contribution >= 4 is 39.3 Å². The molecule has 2 amide bonds. The Morgan fingerprint density at radius 3 is 2.29 bits per heavy atom. The molecule has 2 aromatic carbocycles. The van der Waals surface area contributed by atoms with E-state index in [0.717, 1.165) is 10.0 Å². The number of nitrogens with one attached hydrogen (secondary N) is 1. The Morgan fingerprint density at radius 2 is 1.71 bits per heavy atom. The lowest BCUT2D eigenvalue weighted by Gasteiger charge is -2.31. The Kier molecular flexibility index (Phi) is 9.38. The Balaban J connectivity index is 2.01. The second kappa shape index (κ2) is 11.5. The molecule has 0 aliphatic heterocycles. The summed E-state index contributed by atoms with van der Waals surface area (Å²) in [4.78, 5) is 27.4. The molecule has 0 unspecified atom stereocenters. The molecule has 0 fully saturated rings. The third kappa shape index (κ3) is 8.91. The molecule has 0 spiro atoms. The molecule has 2 rings (SSSR count). The van der Waals surface area contributed by atoms with Crippen molar-refractivity contribution in [2.24, 2.45) is 0 Å². The predicted molar refractivity (Wildman–Crippen MR) is 128 cm³/mol. The lowest BCUT2D eigenvalue weighted by Crippen LogP contribution is -2.52. The normalized spacial score (nSPS) is 12.2. The maximum atomic E-state index is 13.0. The Hall–Kier alpha value is -2.05. The molecule has 0 bridgehead atoms. The van der Waals surface area contributed by atoms with E-state index < -0.39 is 6.04 Å². The molecule has 0 radical (unpaired) electrons. The van der Waals surface area contributed by atoms with Gasteiger partial charge in [-0.1, -0.05) is 39.7 Å². The van der Waals surface area contributed by atoms with Gasteiger partial charge >= 0.3 is 0 Å². The van der Waals surface area contributed by atoms with E-state index >= 15 is 0 Å². The first-order valence-corrected chi connectivity index (χ1v) is 11.5. The number of hydrogen-bond donors (Lipinski definition) is 1. The number of amides is 2. The smallest absolute Gasteiger partial charge is 0.242 e. The van der Waals surface area contributed by atoms with Gasteiger partial charge in [-0.2, -0.15) is 0 Å². The standard InChI is InChI=1S/C24H30BrClN2O3/c1-17(23(30)27-24(2,3)4)28(16-18-7-9-19(25)10-8-18)22(29)6-5-15-31-21-13-11-20(26)12-14-21/h7-14,17H,5-6,15-16H2,1-4H3,(H,27,30)/t17-/m0/s1. The number of benzene rings is 2. The van der Waals surface area contributed by atoms with Crippen LogP contribution in [0, 0.1) is 0 Å². The van der Waals surface area contributed by atoms with E-state index in [1.165, 1.54) is 0 Å². The number of nitrogens with zero attached hydrogens (tertiary/aromatic N) is 1. The zero-order valence-electron chi connectivity index (χ0n) is 18.5. The van der Waals surface area contributed by atoms with Crippen molar-refractivity contribution in [3.8, 4) is 5.75 Å². The SMILES string of the molecule is C[C@@H](C(=O)NC(C)(C)C)N(Cc1ccc(Br)cc1)C(=O)CCCOc1ccc(Cl)cc1. The maximum absolute atomic E-state index is 13.0. The highest BCUT2D eigenvalue weighted by Crippen LogP contribution is 2.18. The van der Waals surface area contributed by atoms with Gasteiger partial charge in [-0.25, -0.2) is 0 Å². The third-order valence-corrected chi connectivity index (χ3v) is 5.33. The number of hydrogen-bond acceptors (Lipinski definition) is 3. The summed E-state index contributed by atoms with van der Waals surface area (Å²) >= 11 is 9.30. The van der Waals surface area contributed by atoms with Crippen LogP contribution in [-0.4, -0.2) is 34.9 Å². The van der Waals surface area contributed by atoms with Crippen LogP contribution in [0.3, 0.4) is 0 Å². The van der Waals surface area contributed by atoms with Crippen LogP contribution in [-0.2, 0) is 16.1 Å². The van der Waals surface area contributed by atoms with Gasteiger partial charge in [0.1, 0.15) is 11.8 Å². The fourth-order valence-electron chi connectivity index (χ4n) is 2.93. The largest absolute Gasteiger partial charge is 0.494 e. The molecule has 0 heterocycles. The number of halogens is 2. The molecule has 1 atom stereocenters. The lowest BCUT2D eigenvalue weighted by molar-refractivity contribution is -0.141. The molecule has 0 saturated carbocycles. The molecule has 0 aromatic heterocycles. The molecule has 1 N–H and O–H groups in total. The van der Waals surface area contributed by atoms with Gasteiger partial charge in [0.05, 0.1) is 6.61 Å². The molecule has 168 valence electrons. The first kappa shape index (κ1) is 25.2. The molecule has 0 aliphatic rings. The molecule has 7 heteroatoms. The summed E-state index contributed by atoms with van der Waals surface area (Å²) in [5, 5.41) is 3.61. The van der Waals surface area contributed by atoms with Gasteiger partial charge in [-0.15, -0.1) is 0 Å². The highest BCUT2D eigenvalue weighted by molar-refractivity contribution is 9.10. The molecule has 0 saturated heterocycles. The van der Waals surface area contributed by atoms with E-state index in [0.29, 0.717) is 30.3 Å². The summed E-state index contributed by atoms with van der Waals surface area (Å²) in [6.07, 6.45) is 0.836. The summed E-state index contributed by atoms with van der Waals surface area (Å²) in [6, 6.07) is 14.3.